The van der Waals surface area contributed by atoms with E-state index in [1.54, 1.807) is 30.3 Å². The normalized spacial score (nSPS) is 19.8. The summed E-state index contributed by atoms with van der Waals surface area (Å²) < 4.78 is 43.2. The number of pyridine rings is 1. The monoisotopic (exact) mass is 665 g/mol. The fourth-order valence-electron chi connectivity index (χ4n) is 6.34. The second-order valence-electron chi connectivity index (χ2n) is 12.1. The standard InChI is InChI=1S/C34H31ClF3N5O3.CH4/c35-27-4-2-1-3-26(27)31(32(45)41-24-9-12-34(37,38)13-10-24)42(25-17-22(21-5-6-21)16-23(36)18-25)33(46)28-7-8-30(44)43(28)29-15-20(19-39)11-14-40-29;/h1-4,11,14-18,21,24,28,31H,5-10,12-13H2,(H,41,45);1H4/t28-,31-;/m0./s1. The average Bonchev–Trinajstić information content (AvgIpc) is 3.82. The van der Waals surface area contributed by atoms with Gasteiger partial charge in [-0.2, -0.15) is 5.26 Å². The number of rotatable bonds is 8. The average molecular weight is 666 g/mol. The molecule has 2 aromatic carbocycles. The van der Waals surface area contributed by atoms with Crippen LogP contribution >= 0.6 is 11.6 Å². The largest absolute Gasteiger partial charge is 0.351 e. The number of amides is 3. The number of hydrogen-bond acceptors (Lipinski definition) is 5. The number of carbonyl (C=O) groups excluding carboxylic acids is 3. The van der Waals surface area contributed by atoms with Crippen molar-refractivity contribution in [3.05, 3.63) is 88.3 Å². The summed E-state index contributed by atoms with van der Waals surface area (Å²) in [5.74, 6) is -4.98. The molecule has 246 valence electrons. The quantitative estimate of drug-likeness (QED) is 0.273. The van der Waals surface area contributed by atoms with Crippen molar-refractivity contribution in [2.75, 3.05) is 9.80 Å². The summed E-state index contributed by atoms with van der Waals surface area (Å²) in [5, 5.41) is 12.5. The lowest BCUT2D eigenvalue weighted by molar-refractivity contribution is -0.128. The minimum atomic E-state index is -2.82. The molecule has 2 aliphatic carbocycles. The first kappa shape index (κ1) is 33.9. The molecule has 0 unspecified atom stereocenters. The van der Waals surface area contributed by atoms with Gasteiger partial charge >= 0.3 is 0 Å². The lowest BCUT2D eigenvalue weighted by atomic mass is 9.91. The maximum absolute atomic E-state index is 15.3. The summed E-state index contributed by atoms with van der Waals surface area (Å²) in [7, 11) is 0. The SMILES string of the molecule is C.N#Cc1ccnc(N2C(=O)CC[C@H]2C(=O)N(c2cc(F)cc(C3CC3)c2)[C@H](C(=O)NC2CCC(F)(F)CC2)c2ccccc2Cl)c1. The number of alkyl halides is 2. The Morgan fingerprint density at radius 3 is 2.47 bits per heavy atom. The van der Waals surface area contributed by atoms with Crippen molar-refractivity contribution in [3.8, 4) is 6.07 Å². The van der Waals surface area contributed by atoms with Crippen LogP contribution in [0.4, 0.5) is 24.7 Å². The summed E-state index contributed by atoms with van der Waals surface area (Å²) in [5.41, 5.74) is 1.25. The molecule has 47 heavy (non-hydrogen) atoms. The summed E-state index contributed by atoms with van der Waals surface area (Å²) in [6, 6.07) is 12.4. The molecule has 6 rings (SSSR count). The van der Waals surface area contributed by atoms with Crippen LogP contribution in [0.25, 0.3) is 0 Å². The van der Waals surface area contributed by atoms with E-state index < -0.39 is 47.6 Å². The molecule has 3 aliphatic rings. The first-order valence-corrected chi connectivity index (χ1v) is 15.7. The molecule has 1 N–H and O–H groups in total. The number of nitriles is 1. The molecule has 2 atom stereocenters. The van der Waals surface area contributed by atoms with Gasteiger partial charge in [-0.05, 0) is 80.0 Å². The van der Waals surface area contributed by atoms with Crippen LogP contribution in [-0.4, -0.2) is 40.7 Å². The van der Waals surface area contributed by atoms with E-state index in [1.807, 2.05) is 6.07 Å². The highest BCUT2D eigenvalue weighted by molar-refractivity contribution is 6.31. The lowest BCUT2D eigenvalue weighted by Crippen LogP contribution is -2.53. The van der Waals surface area contributed by atoms with Crippen molar-refractivity contribution >= 4 is 40.8 Å². The highest BCUT2D eigenvalue weighted by Gasteiger charge is 2.45. The van der Waals surface area contributed by atoms with Gasteiger partial charge in [-0.15, -0.1) is 0 Å². The van der Waals surface area contributed by atoms with Gasteiger partial charge in [0.1, 0.15) is 23.7 Å². The molecular formula is C35H35ClF3N5O3. The number of benzene rings is 2. The van der Waals surface area contributed by atoms with Crippen molar-refractivity contribution in [3.63, 3.8) is 0 Å². The molecule has 1 saturated heterocycles. The van der Waals surface area contributed by atoms with Crippen molar-refractivity contribution in [2.45, 2.75) is 88.8 Å². The maximum Gasteiger partial charge on any atom is 0.251 e. The Balaban J connectivity index is 0.00000433. The third-order valence-electron chi connectivity index (χ3n) is 8.86. The van der Waals surface area contributed by atoms with Crippen LogP contribution in [0, 0.1) is 17.1 Å². The first-order valence-electron chi connectivity index (χ1n) is 15.3. The van der Waals surface area contributed by atoms with Crippen molar-refractivity contribution < 1.29 is 27.6 Å². The number of nitrogens with one attached hydrogen (secondary N) is 1. The van der Waals surface area contributed by atoms with Gasteiger partial charge < -0.3 is 5.32 Å². The zero-order valence-electron chi connectivity index (χ0n) is 24.8. The molecule has 3 fully saturated rings. The van der Waals surface area contributed by atoms with Crippen LogP contribution in [0.2, 0.25) is 5.02 Å². The molecule has 1 aliphatic heterocycles. The van der Waals surface area contributed by atoms with Crippen LogP contribution in [0.3, 0.4) is 0 Å². The maximum atomic E-state index is 15.3. The third kappa shape index (κ3) is 7.28. The zero-order valence-corrected chi connectivity index (χ0v) is 25.5. The number of aromatic nitrogens is 1. The summed E-state index contributed by atoms with van der Waals surface area (Å²) >= 11 is 6.65. The molecule has 3 amide bonds. The Labute approximate surface area is 276 Å². The Morgan fingerprint density at radius 1 is 1.06 bits per heavy atom. The molecule has 3 aromatic rings. The second-order valence-corrected chi connectivity index (χ2v) is 12.5. The molecule has 12 heteroatoms. The minimum absolute atomic E-state index is 0. The summed E-state index contributed by atoms with van der Waals surface area (Å²) in [6.07, 6.45) is 2.44. The number of anilines is 2. The number of halogens is 4. The van der Waals surface area contributed by atoms with Crippen LogP contribution in [0.5, 0.6) is 0 Å². The van der Waals surface area contributed by atoms with E-state index in [1.165, 1.54) is 34.2 Å². The Hall–Kier alpha value is -4.43. The van der Waals surface area contributed by atoms with Crippen LogP contribution in [0.15, 0.2) is 60.8 Å². The van der Waals surface area contributed by atoms with Crippen LogP contribution in [-0.2, 0) is 14.4 Å². The van der Waals surface area contributed by atoms with E-state index in [2.05, 4.69) is 10.3 Å². The first-order chi connectivity index (χ1) is 22.0. The van der Waals surface area contributed by atoms with Crippen molar-refractivity contribution in [2.24, 2.45) is 0 Å². The predicted octanol–water partition coefficient (Wildman–Crippen LogP) is 7.22. The molecule has 0 radical (unpaired) electrons. The third-order valence-corrected chi connectivity index (χ3v) is 9.20. The Morgan fingerprint density at radius 2 is 1.79 bits per heavy atom. The lowest BCUT2D eigenvalue weighted by Gasteiger charge is -2.37. The topological polar surface area (TPSA) is 106 Å². The van der Waals surface area contributed by atoms with Gasteiger partial charge in [0.05, 0.1) is 11.6 Å². The molecule has 2 saturated carbocycles. The number of nitrogens with zero attached hydrogens (tertiary/aromatic N) is 4. The van der Waals surface area contributed by atoms with E-state index in [9.17, 15) is 28.4 Å². The molecule has 1 aromatic heterocycles. The molecule has 8 nitrogen and oxygen atoms in total. The second kappa shape index (κ2) is 13.7. The van der Waals surface area contributed by atoms with Gasteiger partial charge in [0.25, 0.3) is 5.91 Å². The molecular weight excluding hydrogens is 631 g/mol. The zero-order chi connectivity index (χ0) is 32.6. The van der Waals surface area contributed by atoms with E-state index in [-0.39, 0.29) is 79.5 Å². The number of hydrogen-bond donors (Lipinski definition) is 1. The van der Waals surface area contributed by atoms with Gasteiger partial charge in [0.15, 0.2) is 0 Å². The summed E-state index contributed by atoms with van der Waals surface area (Å²) in [4.78, 5) is 49.0. The molecule has 2 heterocycles. The van der Waals surface area contributed by atoms with E-state index >= 15 is 4.39 Å². The fraction of sp³-hybridized carbons (Fsp3) is 0.400. The Kier molecular flexibility index (Phi) is 9.92. The van der Waals surface area contributed by atoms with Gasteiger partial charge in [0.2, 0.25) is 17.7 Å². The van der Waals surface area contributed by atoms with Crippen LogP contribution < -0.4 is 15.1 Å². The Bertz CT molecular complexity index is 1720. The van der Waals surface area contributed by atoms with Crippen molar-refractivity contribution in [1.29, 1.82) is 5.26 Å². The number of carbonyl (C=O) groups is 3. The molecule has 0 spiro atoms. The van der Waals surface area contributed by atoms with Gasteiger partial charge in [-0.3, -0.25) is 24.2 Å². The van der Waals surface area contributed by atoms with Crippen molar-refractivity contribution in [1.82, 2.24) is 10.3 Å². The minimum Gasteiger partial charge on any atom is -0.351 e. The van der Waals surface area contributed by atoms with E-state index in [0.717, 1.165) is 18.9 Å². The highest BCUT2D eigenvalue weighted by Crippen LogP contribution is 2.43. The summed E-state index contributed by atoms with van der Waals surface area (Å²) in [6.45, 7) is 0. The molecule has 0 bridgehead atoms. The smallest absolute Gasteiger partial charge is 0.251 e. The fourth-order valence-corrected chi connectivity index (χ4v) is 6.57. The van der Waals surface area contributed by atoms with Gasteiger partial charge in [0, 0.05) is 47.8 Å². The van der Waals surface area contributed by atoms with Crippen LogP contribution in [0.1, 0.15) is 87.4 Å². The van der Waals surface area contributed by atoms with Gasteiger partial charge in [-0.1, -0.05) is 37.2 Å². The highest BCUT2D eigenvalue weighted by atomic mass is 35.5. The van der Waals surface area contributed by atoms with E-state index in [4.69, 9.17) is 11.6 Å². The predicted molar refractivity (Wildman–Crippen MR) is 172 cm³/mol. The van der Waals surface area contributed by atoms with E-state index in [0.29, 0.717) is 5.56 Å². The van der Waals surface area contributed by atoms with Gasteiger partial charge in [-0.25, -0.2) is 18.2 Å².